The minimum absolute atomic E-state index is 0.0791. The van der Waals surface area contributed by atoms with Crippen LogP contribution in [0.1, 0.15) is 36.0 Å². The molecule has 1 aromatic rings. The van der Waals surface area contributed by atoms with Crippen molar-refractivity contribution in [1.82, 2.24) is 26.5 Å². The number of nitrogens with zero attached hydrogens (tertiary/aromatic N) is 1. The first-order valence-corrected chi connectivity index (χ1v) is 9.36. The number of carbonyl (C=O) groups excluding carboxylic acids is 3. The van der Waals surface area contributed by atoms with Gasteiger partial charge in [-0.25, -0.2) is 4.79 Å². The van der Waals surface area contributed by atoms with Crippen LogP contribution < -0.4 is 21.5 Å². The number of urea groups is 1. The average Bonchev–Trinajstić information content (AvgIpc) is 3.17. The molecule has 2 aliphatic heterocycles. The lowest BCUT2D eigenvalue weighted by Crippen LogP contribution is -2.41. The number of rotatable bonds is 6. The average molecular weight is 363 g/mol. The van der Waals surface area contributed by atoms with Gasteiger partial charge in [-0.2, -0.15) is 11.8 Å². The highest BCUT2D eigenvalue weighted by Crippen LogP contribution is 2.33. The molecular formula is C16H21N5O3S. The maximum absolute atomic E-state index is 11.8. The Labute approximate surface area is 149 Å². The standard InChI is InChI=1S/C16H21N5O3S/c22-13(20-21-15(23)10-5-7-17-8-6-10)4-2-1-3-12-14-11(9-25-12)18-16(24)19-14/h5-8,11-12,14H,1-4,9H2,(H,20,22)(H,21,23)(H2,18,19,24). The van der Waals surface area contributed by atoms with Crippen LogP contribution in [-0.2, 0) is 4.79 Å². The van der Waals surface area contributed by atoms with Crippen molar-refractivity contribution in [3.8, 4) is 0 Å². The summed E-state index contributed by atoms with van der Waals surface area (Å²) in [7, 11) is 0. The van der Waals surface area contributed by atoms with E-state index < -0.39 is 0 Å². The molecule has 0 aromatic carbocycles. The summed E-state index contributed by atoms with van der Waals surface area (Å²) < 4.78 is 0. The van der Waals surface area contributed by atoms with E-state index in [4.69, 9.17) is 0 Å². The molecule has 2 fully saturated rings. The van der Waals surface area contributed by atoms with Crippen molar-refractivity contribution < 1.29 is 14.4 Å². The molecule has 3 atom stereocenters. The van der Waals surface area contributed by atoms with E-state index in [-0.39, 0.29) is 29.9 Å². The monoisotopic (exact) mass is 363 g/mol. The number of nitrogens with one attached hydrogen (secondary N) is 4. The number of carbonyl (C=O) groups is 3. The first-order valence-electron chi connectivity index (χ1n) is 8.31. The SMILES string of the molecule is O=C(CCCCC1SCC2NC(=O)NC21)NNC(=O)c1ccncc1. The zero-order valence-electron chi connectivity index (χ0n) is 13.7. The summed E-state index contributed by atoms with van der Waals surface area (Å²) in [5.74, 6) is 0.360. The molecule has 1 aromatic heterocycles. The van der Waals surface area contributed by atoms with Gasteiger partial charge < -0.3 is 10.6 Å². The van der Waals surface area contributed by atoms with Crippen LogP contribution in [0.4, 0.5) is 4.79 Å². The van der Waals surface area contributed by atoms with Gasteiger partial charge >= 0.3 is 6.03 Å². The number of amides is 4. The molecule has 2 saturated heterocycles. The lowest BCUT2D eigenvalue weighted by atomic mass is 10.0. The first kappa shape index (κ1) is 17.5. The summed E-state index contributed by atoms with van der Waals surface area (Å²) in [4.78, 5) is 38.7. The number of hydrogen-bond donors (Lipinski definition) is 4. The van der Waals surface area contributed by atoms with Gasteiger partial charge in [0.15, 0.2) is 0 Å². The summed E-state index contributed by atoms with van der Waals surface area (Å²) in [6, 6.07) is 3.50. The fraction of sp³-hybridized carbons (Fsp3) is 0.500. The molecule has 3 heterocycles. The van der Waals surface area contributed by atoms with Crippen LogP contribution in [0.3, 0.4) is 0 Å². The Hall–Kier alpha value is -2.29. The number of thioether (sulfide) groups is 1. The highest BCUT2D eigenvalue weighted by Gasteiger charge is 2.42. The Balaban J connectivity index is 1.29. The number of aromatic nitrogens is 1. The zero-order valence-corrected chi connectivity index (χ0v) is 14.5. The minimum atomic E-state index is -0.367. The van der Waals surface area contributed by atoms with Crippen molar-refractivity contribution in [3.63, 3.8) is 0 Å². The van der Waals surface area contributed by atoms with E-state index in [0.717, 1.165) is 25.0 Å². The maximum atomic E-state index is 11.8. The molecule has 3 rings (SSSR count). The topological polar surface area (TPSA) is 112 Å². The van der Waals surface area contributed by atoms with E-state index in [9.17, 15) is 14.4 Å². The Morgan fingerprint density at radius 2 is 2.00 bits per heavy atom. The Bertz CT molecular complexity index is 642. The fourth-order valence-electron chi connectivity index (χ4n) is 3.04. The summed E-state index contributed by atoms with van der Waals surface area (Å²) >= 11 is 1.87. The molecule has 0 spiro atoms. The van der Waals surface area contributed by atoms with Gasteiger partial charge in [-0.1, -0.05) is 6.42 Å². The van der Waals surface area contributed by atoms with Gasteiger partial charge in [-0.05, 0) is 25.0 Å². The van der Waals surface area contributed by atoms with Crippen molar-refractivity contribution >= 4 is 29.6 Å². The van der Waals surface area contributed by atoms with Gasteiger partial charge in [-0.15, -0.1) is 0 Å². The molecular weight excluding hydrogens is 342 g/mol. The van der Waals surface area contributed by atoms with Crippen LogP contribution in [0.5, 0.6) is 0 Å². The van der Waals surface area contributed by atoms with Gasteiger partial charge in [0.05, 0.1) is 12.1 Å². The summed E-state index contributed by atoms with van der Waals surface area (Å²) in [6.07, 6.45) is 6.00. The molecule has 0 aliphatic carbocycles. The van der Waals surface area contributed by atoms with Gasteiger partial charge in [0, 0.05) is 35.4 Å². The normalized spacial score (nSPS) is 24.2. The molecule has 134 valence electrons. The third-order valence-corrected chi connectivity index (χ3v) is 5.85. The second kappa shape index (κ2) is 8.19. The van der Waals surface area contributed by atoms with Gasteiger partial charge in [0.25, 0.3) is 5.91 Å². The third-order valence-electron chi connectivity index (χ3n) is 4.34. The molecule has 3 unspecified atom stereocenters. The Morgan fingerprint density at radius 3 is 2.80 bits per heavy atom. The molecule has 8 nitrogen and oxygen atoms in total. The second-order valence-electron chi connectivity index (χ2n) is 6.11. The van der Waals surface area contributed by atoms with Crippen LogP contribution in [-0.4, -0.2) is 45.9 Å². The number of hydrazine groups is 1. The molecule has 4 N–H and O–H groups in total. The quantitative estimate of drug-likeness (QED) is 0.335. The third kappa shape index (κ3) is 4.62. The maximum Gasteiger partial charge on any atom is 0.315 e. The number of pyridine rings is 1. The predicted molar refractivity (Wildman–Crippen MR) is 93.8 cm³/mol. The van der Waals surface area contributed by atoms with Crippen molar-refractivity contribution in [2.24, 2.45) is 0 Å². The van der Waals surface area contributed by atoms with Crippen LogP contribution in [0.2, 0.25) is 0 Å². The zero-order chi connectivity index (χ0) is 17.6. The molecule has 9 heteroatoms. The van der Waals surface area contributed by atoms with E-state index in [1.54, 1.807) is 12.1 Å². The van der Waals surface area contributed by atoms with Crippen LogP contribution in [0.25, 0.3) is 0 Å². The molecule has 4 amide bonds. The first-order chi connectivity index (χ1) is 12.1. The van der Waals surface area contributed by atoms with E-state index in [2.05, 4.69) is 26.5 Å². The molecule has 0 radical (unpaired) electrons. The van der Waals surface area contributed by atoms with Crippen molar-refractivity contribution in [1.29, 1.82) is 0 Å². The minimum Gasteiger partial charge on any atom is -0.332 e. The summed E-state index contributed by atoms with van der Waals surface area (Å²) in [5, 5.41) is 6.28. The van der Waals surface area contributed by atoms with E-state index in [1.807, 2.05) is 11.8 Å². The predicted octanol–water partition coefficient (Wildman–Crippen LogP) is 0.568. The van der Waals surface area contributed by atoms with Crippen LogP contribution >= 0.6 is 11.8 Å². The van der Waals surface area contributed by atoms with Gasteiger partial charge in [0.2, 0.25) is 5.91 Å². The van der Waals surface area contributed by atoms with Gasteiger partial charge in [0.1, 0.15) is 0 Å². The molecule has 0 bridgehead atoms. The molecule has 2 aliphatic rings. The van der Waals surface area contributed by atoms with E-state index >= 15 is 0 Å². The summed E-state index contributed by atoms with van der Waals surface area (Å²) in [5.41, 5.74) is 5.25. The highest BCUT2D eigenvalue weighted by molar-refractivity contribution is 8.00. The fourth-order valence-corrected chi connectivity index (χ4v) is 4.58. The number of unbranched alkanes of at least 4 members (excludes halogenated alkanes) is 1. The van der Waals surface area contributed by atoms with Crippen molar-refractivity contribution in [3.05, 3.63) is 30.1 Å². The van der Waals surface area contributed by atoms with Crippen molar-refractivity contribution in [2.75, 3.05) is 5.75 Å². The summed E-state index contributed by atoms with van der Waals surface area (Å²) in [6.45, 7) is 0. The largest absolute Gasteiger partial charge is 0.332 e. The highest BCUT2D eigenvalue weighted by atomic mass is 32.2. The van der Waals surface area contributed by atoms with Gasteiger partial charge in [-0.3, -0.25) is 25.4 Å². The second-order valence-corrected chi connectivity index (χ2v) is 7.38. The van der Waals surface area contributed by atoms with Crippen LogP contribution in [0.15, 0.2) is 24.5 Å². The molecule has 25 heavy (non-hydrogen) atoms. The van der Waals surface area contributed by atoms with Crippen LogP contribution in [0, 0.1) is 0 Å². The lowest BCUT2D eigenvalue weighted by molar-refractivity contribution is -0.122. The van der Waals surface area contributed by atoms with E-state index in [1.165, 1.54) is 12.4 Å². The van der Waals surface area contributed by atoms with E-state index in [0.29, 0.717) is 17.2 Å². The number of fused-ring (bicyclic) bond motifs is 1. The van der Waals surface area contributed by atoms with Crippen molar-refractivity contribution in [2.45, 2.75) is 43.0 Å². The Kier molecular flexibility index (Phi) is 5.75. The number of hydrogen-bond acceptors (Lipinski definition) is 5. The smallest absolute Gasteiger partial charge is 0.315 e. The Morgan fingerprint density at radius 1 is 1.20 bits per heavy atom. The molecule has 0 saturated carbocycles. The lowest BCUT2D eigenvalue weighted by Gasteiger charge is -2.16.